The van der Waals surface area contributed by atoms with Crippen LogP contribution in [0.5, 0.6) is 0 Å². The van der Waals surface area contributed by atoms with Gasteiger partial charge in [0.1, 0.15) is 0 Å². The molecule has 2 heteroatoms. The fourth-order valence-electron chi connectivity index (χ4n) is 7.92. The van der Waals surface area contributed by atoms with Gasteiger partial charge in [0.15, 0.2) is 0 Å². The fourth-order valence-corrected chi connectivity index (χ4v) is 7.92. The van der Waals surface area contributed by atoms with Gasteiger partial charge in [-0.1, -0.05) is 170 Å². The third-order valence-corrected chi connectivity index (χ3v) is 10.4. The van der Waals surface area contributed by atoms with E-state index < -0.39 is 0 Å². The van der Waals surface area contributed by atoms with Crippen molar-refractivity contribution in [2.75, 3.05) is 4.90 Å². The van der Waals surface area contributed by atoms with Crippen molar-refractivity contribution in [3.05, 3.63) is 206 Å². The number of nitrogens with zero attached hydrogens (tertiary/aromatic N) is 2. The molecule has 0 aliphatic heterocycles. The van der Waals surface area contributed by atoms with Gasteiger partial charge < -0.3 is 9.47 Å². The Hall–Kier alpha value is -6.90. The highest BCUT2D eigenvalue weighted by molar-refractivity contribution is 6.13. The van der Waals surface area contributed by atoms with E-state index in [9.17, 15) is 0 Å². The maximum Gasteiger partial charge on any atom is 0.0781 e. The Kier molecular flexibility index (Phi) is 7.18. The molecule has 9 aromatic carbocycles. The zero-order valence-electron chi connectivity index (χ0n) is 28.5. The molecule has 0 fully saturated rings. The van der Waals surface area contributed by atoms with Crippen LogP contribution in [0.2, 0.25) is 0 Å². The molecule has 0 N–H and O–H groups in total. The van der Waals surface area contributed by atoms with Crippen LogP contribution in [0.3, 0.4) is 0 Å². The number of hydrogen-bond donors (Lipinski definition) is 0. The predicted octanol–water partition coefficient (Wildman–Crippen LogP) is 13.9. The second kappa shape index (κ2) is 12.5. The molecule has 0 atom stereocenters. The first kappa shape index (κ1) is 30.0. The van der Waals surface area contributed by atoms with E-state index >= 15 is 0 Å². The van der Waals surface area contributed by atoms with Gasteiger partial charge in [0, 0.05) is 27.2 Å². The van der Waals surface area contributed by atoms with Crippen molar-refractivity contribution in [2.24, 2.45) is 0 Å². The van der Waals surface area contributed by atoms with Crippen LogP contribution < -0.4 is 4.90 Å². The summed E-state index contributed by atoms with van der Waals surface area (Å²) in [7, 11) is 0. The maximum atomic E-state index is 2.48. The summed E-state index contributed by atoms with van der Waals surface area (Å²) >= 11 is 0. The lowest BCUT2D eigenvalue weighted by Gasteiger charge is -2.31. The molecule has 0 bridgehead atoms. The molecule has 52 heavy (non-hydrogen) atoms. The highest BCUT2D eigenvalue weighted by atomic mass is 15.2. The van der Waals surface area contributed by atoms with Gasteiger partial charge in [0.2, 0.25) is 0 Å². The smallest absolute Gasteiger partial charge is 0.0781 e. The van der Waals surface area contributed by atoms with Gasteiger partial charge in [-0.3, -0.25) is 0 Å². The standard InChI is InChI=1S/C50H34N2/c1-2-13-35(14-3-1)36-25-27-37(28-26-36)38-29-32-41(33-30-38)51(46-24-12-17-39-15-4-6-18-42(39)46)50-43-19-7-5-16-40(43)31-34-49(50)52-47-22-10-8-20-44(47)45-21-9-11-23-48(45)52/h1-34H. The zero-order chi connectivity index (χ0) is 34.4. The lowest BCUT2D eigenvalue weighted by molar-refractivity contribution is 1.16. The van der Waals surface area contributed by atoms with Crippen LogP contribution in [0, 0.1) is 0 Å². The molecule has 0 spiro atoms. The number of fused-ring (bicyclic) bond motifs is 5. The van der Waals surface area contributed by atoms with Crippen molar-refractivity contribution in [2.45, 2.75) is 0 Å². The third-order valence-electron chi connectivity index (χ3n) is 10.4. The zero-order valence-corrected chi connectivity index (χ0v) is 28.5. The van der Waals surface area contributed by atoms with E-state index in [2.05, 4.69) is 216 Å². The second-order valence-corrected chi connectivity index (χ2v) is 13.3. The van der Waals surface area contributed by atoms with Crippen LogP contribution in [-0.2, 0) is 0 Å². The van der Waals surface area contributed by atoms with Gasteiger partial charge in [-0.05, 0) is 69.4 Å². The molecule has 10 aromatic rings. The number of hydrogen-bond acceptors (Lipinski definition) is 1. The molecular formula is C50H34N2. The first-order valence-electron chi connectivity index (χ1n) is 17.9. The lowest BCUT2D eigenvalue weighted by Crippen LogP contribution is -2.14. The first-order chi connectivity index (χ1) is 25.8. The number of anilines is 3. The molecule has 2 nitrogen and oxygen atoms in total. The van der Waals surface area contributed by atoms with E-state index in [-0.39, 0.29) is 0 Å². The van der Waals surface area contributed by atoms with Crippen LogP contribution in [0.1, 0.15) is 0 Å². The van der Waals surface area contributed by atoms with E-state index in [1.807, 2.05) is 0 Å². The maximum absolute atomic E-state index is 2.48. The molecular weight excluding hydrogens is 629 g/mol. The van der Waals surface area contributed by atoms with Crippen LogP contribution in [0.4, 0.5) is 17.1 Å². The fraction of sp³-hybridized carbons (Fsp3) is 0. The molecule has 244 valence electrons. The molecule has 0 unspecified atom stereocenters. The predicted molar refractivity (Wildman–Crippen MR) is 221 cm³/mol. The van der Waals surface area contributed by atoms with E-state index in [0.29, 0.717) is 0 Å². The molecule has 10 rings (SSSR count). The topological polar surface area (TPSA) is 8.17 Å². The highest BCUT2D eigenvalue weighted by Gasteiger charge is 2.24. The van der Waals surface area contributed by atoms with E-state index in [1.165, 1.54) is 65.6 Å². The van der Waals surface area contributed by atoms with Crippen LogP contribution in [0.25, 0.3) is 71.3 Å². The molecule has 0 saturated carbocycles. The minimum absolute atomic E-state index is 1.10. The normalized spacial score (nSPS) is 11.5. The summed E-state index contributed by atoms with van der Waals surface area (Å²) in [6.07, 6.45) is 0. The Morgan fingerprint density at radius 2 is 0.769 bits per heavy atom. The van der Waals surface area contributed by atoms with Crippen LogP contribution in [0.15, 0.2) is 206 Å². The largest absolute Gasteiger partial charge is 0.307 e. The van der Waals surface area contributed by atoms with E-state index in [0.717, 1.165) is 22.7 Å². The Labute approximate surface area is 303 Å². The summed E-state index contributed by atoms with van der Waals surface area (Å²) < 4.78 is 2.45. The Morgan fingerprint density at radius 3 is 1.40 bits per heavy atom. The van der Waals surface area contributed by atoms with Crippen molar-refractivity contribution in [3.63, 3.8) is 0 Å². The van der Waals surface area contributed by atoms with Gasteiger partial charge >= 0.3 is 0 Å². The summed E-state index contributed by atoms with van der Waals surface area (Å²) in [5.41, 5.74) is 11.7. The summed E-state index contributed by atoms with van der Waals surface area (Å²) in [5.74, 6) is 0. The number of benzene rings is 9. The molecule has 0 radical (unpaired) electrons. The van der Waals surface area contributed by atoms with Gasteiger partial charge in [0.25, 0.3) is 0 Å². The quantitative estimate of drug-likeness (QED) is 0.172. The average Bonchev–Trinajstić information content (AvgIpc) is 3.56. The minimum atomic E-state index is 1.10. The average molecular weight is 663 g/mol. The van der Waals surface area contributed by atoms with Crippen molar-refractivity contribution in [1.82, 2.24) is 4.57 Å². The van der Waals surface area contributed by atoms with Crippen molar-refractivity contribution in [1.29, 1.82) is 0 Å². The van der Waals surface area contributed by atoms with Crippen LogP contribution in [-0.4, -0.2) is 4.57 Å². The van der Waals surface area contributed by atoms with Gasteiger partial charge in [-0.25, -0.2) is 0 Å². The summed E-state index contributed by atoms with van der Waals surface area (Å²) in [6.45, 7) is 0. The van der Waals surface area contributed by atoms with Crippen molar-refractivity contribution >= 4 is 60.4 Å². The number of rotatable bonds is 6. The van der Waals surface area contributed by atoms with E-state index in [4.69, 9.17) is 0 Å². The first-order valence-corrected chi connectivity index (χ1v) is 17.9. The Morgan fingerprint density at radius 1 is 0.308 bits per heavy atom. The second-order valence-electron chi connectivity index (χ2n) is 13.3. The SMILES string of the molecule is c1ccc(-c2ccc(-c3ccc(N(c4cccc5ccccc45)c4c(-n5c6ccccc6c6ccccc65)ccc5ccccc45)cc3)cc2)cc1. The number of aromatic nitrogens is 1. The molecule has 0 saturated heterocycles. The van der Waals surface area contributed by atoms with Gasteiger partial charge in [0.05, 0.1) is 28.1 Å². The summed E-state index contributed by atoms with van der Waals surface area (Å²) in [5, 5.41) is 7.29. The summed E-state index contributed by atoms with van der Waals surface area (Å²) in [4.78, 5) is 2.48. The molecule has 1 aromatic heterocycles. The molecule has 0 amide bonds. The monoisotopic (exact) mass is 662 g/mol. The van der Waals surface area contributed by atoms with Gasteiger partial charge in [-0.15, -0.1) is 0 Å². The lowest BCUT2D eigenvalue weighted by atomic mass is 9.99. The summed E-state index contributed by atoms with van der Waals surface area (Å²) in [6, 6.07) is 74.8. The number of para-hydroxylation sites is 2. The van der Waals surface area contributed by atoms with Crippen molar-refractivity contribution in [3.8, 4) is 27.9 Å². The molecule has 0 aliphatic rings. The van der Waals surface area contributed by atoms with Crippen LogP contribution >= 0.6 is 0 Å². The minimum Gasteiger partial charge on any atom is -0.307 e. The Balaban J connectivity index is 1.22. The highest BCUT2D eigenvalue weighted by Crippen LogP contribution is 2.47. The van der Waals surface area contributed by atoms with E-state index in [1.54, 1.807) is 0 Å². The van der Waals surface area contributed by atoms with Crippen molar-refractivity contribution < 1.29 is 0 Å². The third kappa shape index (κ3) is 4.96. The Bertz CT molecular complexity index is 2820. The van der Waals surface area contributed by atoms with Gasteiger partial charge in [-0.2, -0.15) is 0 Å². The molecule has 0 aliphatic carbocycles. The molecule has 1 heterocycles.